The van der Waals surface area contributed by atoms with Crippen LogP contribution in [-0.2, 0) is 19.6 Å². The number of amides is 2. The van der Waals surface area contributed by atoms with Crippen molar-refractivity contribution in [3.05, 3.63) is 18.2 Å². The number of anilines is 1. The number of fused-ring (bicyclic) bond motifs is 1. The minimum atomic E-state index is -3.71. The predicted molar refractivity (Wildman–Crippen MR) is 107 cm³/mol. The third-order valence-corrected chi connectivity index (χ3v) is 7.92. The molecule has 1 aliphatic carbocycles. The molecule has 0 aromatic heterocycles. The molecule has 1 saturated heterocycles. The zero-order chi connectivity index (χ0) is 20.6. The largest absolute Gasteiger partial charge is 0.479 e. The van der Waals surface area contributed by atoms with Gasteiger partial charge in [0.25, 0.3) is 5.91 Å². The van der Waals surface area contributed by atoms with Crippen LogP contribution in [-0.4, -0.2) is 61.7 Å². The quantitative estimate of drug-likeness (QED) is 0.803. The Bertz CT molecular complexity index is 903. The van der Waals surface area contributed by atoms with Gasteiger partial charge in [-0.05, 0) is 38.0 Å². The van der Waals surface area contributed by atoms with Crippen molar-refractivity contribution in [3.8, 4) is 5.75 Å². The lowest BCUT2D eigenvalue weighted by Crippen LogP contribution is -2.52. The van der Waals surface area contributed by atoms with Gasteiger partial charge in [-0.2, -0.15) is 4.31 Å². The first-order valence-corrected chi connectivity index (χ1v) is 11.7. The first kappa shape index (κ1) is 20.2. The topological polar surface area (TPSA) is 96.0 Å². The van der Waals surface area contributed by atoms with Crippen LogP contribution in [0.3, 0.4) is 0 Å². The molecule has 1 atom stereocenters. The standard InChI is InChI=1S/C20H27N3O5S/c1-14-19(24)21-17-13-16(7-8-18(17)28-14)29(26,27)23-11-9-22(10-12-23)20(25)15-5-3-2-4-6-15/h7-8,13-15H,2-6,9-12H2,1H3,(H,21,24). The van der Waals surface area contributed by atoms with E-state index in [1.165, 1.54) is 22.9 Å². The van der Waals surface area contributed by atoms with Crippen molar-refractivity contribution in [1.29, 1.82) is 0 Å². The van der Waals surface area contributed by atoms with Gasteiger partial charge in [-0.3, -0.25) is 9.59 Å². The Kier molecular flexibility index (Phi) is 5.52. The number of ether oxygens (including phenoxy) is 1. The summed E-state index contributed by atoms with van der Waals surface area (Å²) in [5.74, 6) is 0.420. The summed E-state index contributed by atoms with van der Waals surface area (Å²) in [7, 11) is -3.71. The molecule has 1 aromatic carbocycles. The van der Waals surface area contributed by atoms with Crippen LogP contribution in [0.5, 0.6) is 5.75 Å². The first-order chi connectivity index (χ1) is 13.9. The lowest BCUT2D eigenvalue weighted by atomic mass is 9.88. The van der Waals surface area contributed by atoms with E-state index in [0.29, 0.717) is 24.5 Å². The molecule has 3 aliphatic rings. The van der Waals surface area contributed by atoms with Crippen LogP contribution in [0.2, 0.25) is 0 Å². The van der Waals surface area contributed by atoms with E-state index >= 15 is 0 Å². The highest BCUT2D eigenvalue weighted by Gasteiger charge is 2.34. The first-order valence-electron chi connectivity index (χ1n) is 10.3. The zero-order valence-corrected chi connectivity index (χ0v) is 17.4. The molecule has 8 nitrogen and oxygen atoms in total. The van der Waals surface area contributed by atoms with Gasteiger partial charge in [-0.25, -0.2) is 8.42 Å². The maximum absolute atomic E-state index is 13.1. The molecule has 1 saturated carbocycles. The second kappa shape index (κ2) is 7.95. The van der Waals surface area contributed by atoms with Crippen molar-refractivity contribution >= 4 is 27.5 Å². The maximum atomic E-state index is 13.1. The van der Waals surface area contributed by atoms with Gasteiger partial charge in [0.05, 0.1) is 10.6 Å². The van der Waals surface area contributed by atoms with E-state index in [2.05, 4.69) is 5.32 Å². The molecule has 0 bridgehead atoms. The molecule has 9 heteroatoms. The van der Waals surface area contributed by atoms with Crippen LogP contribution < -0.4 is 10.1 Å². The summed E-state index contributed by atoms with van der Waals surface area (Å²) in [4.78, 5) is 26.4. The summed E-state index contributed by atoms with van der Waals surface area (Å²) >= 11 is 0. The maximum Gasteiger partial charge on any atom is 0.265 e. The zero-order valence-electron chi connectivity index (χ0n) is 16.6. The van der Waals surface area contributed by atoms with Crippen molar-refractivity contribution in [3.63, 3.8) is 0 Å². The van der Waals surface area contributed by atoms with Gasteiger partial charge in [0.1, 0.15) is 5.75 Å². The van der Waals surface area contributed by atoms with Crippen LogP contribution >= 0.6 is 0 Å². The number of benzene rings is 1. The fourth-order valence-corrected chi connectivity index (χ4v) is 5.70. The number of sulfonamides is 1. The molecule has 0 spiro atoms. The summed E-state index contributed by atoms with van der Waals surface area (Å²) in [6.45, 7) is 3.01. The molecular weight excluding hydrogens is 394 g/mol. The molecule has 158 valence electrons. The Balaban J connectivity index is 1.43. The summed E-state index contributed by atoms with van der Waals surface area (Å²) in [5.41, 5.74) is 0.361. The number of piperazine rings is 1. The number of nitrogens with one attached hydrogen (secondary N) is 1. The highest BCUT2D eigenvalue weighted by atomic mass is 32.2. The van der Waals surface area contributed by atoms with Crippen LogP contribution in [0.15, 0.2) is 23.1 Å². The van der Waals surface area contributed by atoms with E-state index in [4.69, 9.17) is 4.74 Å². The van der Waals surface area contributed by atoms with Gasteiger partial charge in [0, 0.05) is 32.1 Å². The molecule has 0 radical (unpaired) electrons. The van der Waals surface area contributed by atoms with E-state index in [0.717, 1.165) is 25.7 Å². The smallest absolute Gasteiger partial charge is 0.265 e. The van der Waals surface area contributed by atoms with Gasteiger partial charge >= 0.3 is 0 Å². The third kappa shape index (κ3) is 3.98. The van der Waals surface area contributed by atoms with E-state index in [-0.39, 0.29) is 35.7 Å². The van der Waals surface area contributed by atoms with Crippen LogP contribution in [0.25, 0.3) is 0 Å². The Morgan fingerprint density at radius 3 is 2.48 bits per heavy atom. The van der Waals surface area contributed by atoms with Crippen LogP contribution in [0, 0.1) is 5.92 Å². The van der Waals surface area contributed by atoms with Gasteiger partial charge < -0.3 is 15.0 Å². The average molecular weight is 422 g/mol. The van der Waals surface area contributed by atoms with E-state index < -0.39 is 16.1 Å². The highest BCUT2D eigenvalue weighted by Crippen LogP contribution is 2.33. The lowest BCUT2D eigenvalue weighted by Gasteiger charge is -2.36. The number of nitrogens with zero attached hydrogens (tertiary/aromatic N) is 2. The molecule has 1 aromatic rings. The van der Waals surface area contributed by atoms with Crippen molar-refractivity contribution in [2.24, 2.45) is 5.92 Å². The molecule has 4 rings (SSSR count). The molecule has 2 fully saturated rings. The van der Waals surface area contributed by atoms with Crippen LogP contribution in [0.1, 0.15) is 39.0 Å². The summed E-state index contributed by atoms with van der Waals surface area (Å²) in [6, 6.07) is 4.51. The number of hydrogen-bond acceptors (Lipinski definition) is 5. The molecule has 29 heavy (non-hydrogen) atoms. The molecule has 2 aliphatic heterocycles. The SMILES string of the molecule is CC1Oc2ccc(S(=O)(=O)N3CCN(C(=O)C4CCCCC4)CC3)cc2NC1=O. The van der Waals surface area contributed by atoms with Gasteiger partial charge in [-0.1, -0.05) is 19.3 Å². The Morgan fingerprint density at radius 2 is 1.79 bits per heavy atom. The third-order valence-electron chi connectivity index (χ3n) is 6.02. The second-order valence-electron chi connectivity index (χ2n) is 7.97. The van der Waals surface area contributed by atoms with Crippen molar-refractivity contribution in [2.75, 3.05) is 31.5 Å². The Hall–Kier alpha value is -2.13. The molecular formula is C20H27N3O5S. The van der Waals surface area contributed by atoms with Gasteiger partial charge in [0.2, 0.25) is 15.9 Å². The molecule has 2 heterocycles. The van der Waals surface area contributed by atoms with E-state index in [1.54, 1.807) is 13.0 Å². The minimum Gasteiger partial charge on any atom is -0.479 e. The Morgan fingerprint density at radius 1 is 1.10 bits per heavy atom. The average Bonchev–Trinajstić information content (AvgIpc) is 2.74. The number of rotatable bonds is 3. The van der Waals surface area contributed by atoms with E-state index in [1.807, 2.05) is 4.90 Å². The Labute approximate surface area is 171 Å². The fourth-order valence-electron chi connectivity index (χ4n) is 4.25. The minimum absolute atomic E-state index is 0.0959. The summed E-state index contributed by atoms with van der Waals surface area (Å²) in [5, 5.41) is 2.68. The van der Waals surface area contributed by atoms with Crippen molar-refractivity contribution in [1.82, 2.24) is 9.21 Å². The fraction of sp³-hybridized carbons (Fsp3) is 0.600. The lowest BCUT2D eigenvalue weighted by molar-refractivity contribution is -0.137. The number of carbonyl (C=O) groups excluding carboxylic acids is 2. The van der Waals surface area contributed by atoms with Gasteiger partial charge in [0.15, 0.2) is 6.10 Å². The van der Waals surface area contributed by atoms with Crippen LogP contribution in [0.4, 0.5) is 5.69 Å². The normalized spacial score (nSPS) is 23.8. The highest BCUT2D eigenvalue weighted by molar-refractivity contribution is 7.89. The van der Waals surface area contributed by atoms with E-state index in [9.17, 15) is 18.0 Å². The van der Waals surface area contributed by atoms with Crippen molar-refractivity contribution in [2.45, 2.75) is 50.0 Å². The summed E-state index contributed by atoms with van der Waals surface area (Å²) in [6.07, 6.45) is 4.67. The summed E-state index contributed by atoms with van der Waals surface area (Å²) < 4.78 is 33.0. The predicted octanol–water partition coefficient (Wildman–Crippen LogP) is 1.82. The molecule has 2 amide bonds. The number of hydrogen-bond donors (Lipinski definition) is 1. The second-order valence-corrected chi connectivity index (χ2v) is 9.91. The van der Waals surface area contributed by atoms with Crippen molar-refractivity contribution < 1.29 is 22.7 Å². The van der Waals surface area contributed by atoms with Gasteiger partial charge in [-0.15, -0.1) is 0 Å². The molecule has 1 unspecified atom stereocenters. The number of carbonyl (C=O) groups is 2. The monoisotopic (exact) mass is 421 g/mol. The molecule has 1 N–H and O–H groups in total.